The number of benzene rings is 1. The van der Waals surface area contributed by atoms with E-state index in [1.807, 2.05) is 36.6 Å². The first-order chi connectivity index (χ1) is 9.91. The number of nitrogens with zero attached hydrogens (tertiary/aromatic N) is 1. The van der Waals surface area contributed by atoms with E-state index in [0.29, 0.717) is 0 Å². The van der Waals surface area contributed by atoms with Crippen LogP contribution in [0.5, 0.6) is 0 Å². The number of rotatable bonds is 6. The van der Waals surface area contributed by atoms with Crippen molar-refractivity contribution in [3.8, 4) is 0 Å². The zero-order valence-electron chi connectivity index (χ0n) is 12.5. The summed E-state index contributed by atoms with van der Waals surface area (Å²) in [5, 5.41) is 15.9. The maximum Gasteiger partial charge on any atom is 0.313 e. The van der Waals surface area contributed by atoms with Gasteiger partial charge < -0.3 is 10.4 Å². The molecule has 1 aromatic carbocycles. The van der Waals surface area contributed by atoms with E-state index >= 15 is 0 Å². The summed E-state index contributed by atoms with van der Waals surface area (Å²) in [4.78, 5) is 15.9. The van der Waals surface area contributed by atoms with Gasteiger partial charge in [0.1, 0.15) is 0 Å². The number of aromatic nitrogens is 1. The van der Waals surface area contributed by atoms with E-state index < -0.39 is 11.4 Å². The molecule has 112 valence electrons. The number of thiazole rings is 1. The molecule has 0 amide bonds. The smallest absolute Gasteiger partial charge is 0.313 e. The second-order valence-corrected chi connectivity index (χ2v) is 6.48. The highest BCUT2D eigenvalue weighted by Crippen LogP contribution is 2.30. The van der Waals surface area contributed by atoms with E-state index in [2.05, 4.69) is 10.3 Å². The van der Waals surface area contributed by atoms with Crippen molar-refractivity contribution in [1.29, 1.82) is 0 Å². The fraction of sp³-hybridized carbons (Fsp3) is 0.375. The van der Waals surface area contributed by atoms with Crippen molar-refractivity contribution in [2.75, 3.05) is 11.9 Å². The molecule has 0 aliphatic rings. The Morgan fingerprint density at radius 3 is 2.71 bits per heavy atom. The number of nitrogens with one attached hydrogen (secondary N) is 1. The van der Waals surface area contributed by atoms with Crippen LogP contribution in [0.4, 0.5) is 5.69 Å². The molecule has 0 fully saturated rings. The maximum absolute atomic E-state index is 11.4. The van der Waals surface area contributed by atoms with Crippen molar-refractivity contribution in [2.24, 2.45) is 0 Å². The van der Waals surface area contributed by atoms with Crippen molar-refractivity contribution in [3.63, 3.8) is 0 Å². The van der Waals surface area contributed by atoms with Crippen LogP contribution in [-0.2, 0) is 16.6 Å². The van der Waals surface area contributed by atoms with Gasteiger partial charge in [-0.05, 0) is 32.4 Å². The van der Waals surface area contributed by atoms with Crippen LogP contribution in [0.2, 0.25) is 0 Å². The zero-order valence-corrected chi connectivity index (χ0v) is 13.3. The van der Waals surface area contributed by atoms with E-state index in [1.54, 1.807) is 25.2 Å². The van der Waals surface area contributed by atoms with Gasteiger partial charge in [0.05, 0.1) is 10.4 Å². The van der Waals surface area contributed by atoms with Crippen LogP contribution in [0.25, 0.3) is 0 Å². The highest BCUT2D eigenvalue weighted by atomic mass is 32.1. The molecular formula is C16H20N2O2S. The molecule has 0 aliphatic heterocycles. The lowest BCUT2D eigenvalue weighted by Crippen LogP contribution is -2.29. The molecule has 2 N–H and O–H groups in total. The molecule has 4 nitrogen and oxygen atoms in total. The number of para-hydroxylation sites is 1. The SMILES string of the molecule is Cc1csc(CCNc2ccccc2C(C)(C)C(=O)O)n1. The van der Waals surface area contributed by atoms with Crippen molar-refractivity contribution in [2.45, 2.75) is 32.6 Å². The summed E-state index contributed by atoms with van der Waals surface area (Å²) < 4.78 is 0. The number of anilines is 1. The van der Waals surface area contributed by atoms with Crippen LogP contribution in [0.3, 0.4) is 0 Å². The summed E-state index contributed by atoms with van der Waals surface area (Å²) in [6.45, 7) is 6.16. The van der Waals surface area contributed by atoms with E-state index in [4.69, 9.17) is 0 Å². The number of carboxylic acid groups (broad SMARTS) is 1. The Hall–Kier alpha value is -1.88. The summed E-state index contributed by atoms with van der Waals surface area (Å²) in [6.07, 6.45) is 0.834. The normalized spacial score (nSPS) is 11.4. The molecule has 1 aromatic heterocycles. The van der Waals surface area contributed by atoms with Crippen LogP contribution in [0, 0.1) is 6.92 Å². The number of carbonyl (C=O) groups is 1. The molecule has 0 unspecified atom stereocenters. The van der Waals surface area contributed by atoms with Gasteiger partial charge >= 0.3 is 5.97 Å². The molecule has 21 heavy (non-hydrogen) atoms. The molecule has 0 spiro atoms. The lowest BCUT2D eigenvalue weighted by Gasteiger charge is -2.23. The van der Waals surface area contributed by atoms with Crippen molar-refractivity contribution in [3.05, 3.63) is 45.9 Å². The van der Waals surface area contributed by atoms with Crippen LogP contribution < -0.4 is 5.32 Å². The first-order valence-electron chi connectivity index (χ1n) is 6.89. The Labute approximate surface area is 128 Å². The lowest BCUT2D eigenvalue weighted by atomic mass is 9.83. The standard InChI is InChI=1S/C16H20N2O2S/c1-11-10-21-14(18-11)8-9-17-13-7-5-4-6-12(13)16(2,3)15(19)20/h4-7,10,17H,8-9H2,1-3H3,(H,19,20). The average molecular weight is 304 g/mol. The number of carboxylic acids is 1. The molecule has 0 saturated carbocycles. The van der Waals surface area contributed by atoms with Gasteiger partial charge in [-0.1, -0.05) is 18.2 Å². The number of hydrogen-bond donors (Lipinski definition) is 2. The minimum Gasteiger partial charge on any atom is -0.481 e. The van der Waals surface area contributed by atoms with Gasteiger partial charge in [-0.15, -0.1) is 11.3 Å². The van der Waals surface area contributed by atoms with Gasteiger partial charge in [0.2, 0.25) is 0 Å². The second-order valence-electron chi connectivity index (χ2n) is 5.54. The largest absolute Gasteiger partial charge is 0.481 e. The molecule has 5 heteroatoms. The van der Waals surface area contributed by atoms with Gasteiger partial charge in [-0.2, -0.15) is 0 Å². The summed E-state index contributed by atoms with van der Waals surface area (Å²) in [5.74, 6) is -0.827. The predicted octanol–water partition coefficient (Wildman–Crippen LogP) is 3.47. The fourth-order valence-corrected chi connectivity index (χ4v) is 2.90. The first-order valence-corrected chi connectivity index (χ1v) is 7.77. The van der Waals surface area contributed by atoms with Crippen LogP contribution in [0.15, 0.2) is 29.6 Å². The Balaban J connectivity index is 2.08. The minimum absolute atomic E-state index is 0.736. The van der Waals surface area contributed by atoms with E-state index in [1.165, 1.54) is 0 Å². The zero-order chi connectivity index (χ0) is 15.5. The highest BCUT2D eigenvalue weighted by Gasteiger charge is 2.31. The van der Waals surface area contributed by atoms with Gasteiger partial charge in [-0.25, -0.2) is 4.98 Å². The third-order valence-electron chi connectivity index (χ3n) is 3.46. The van der Waals surface area contributed by atoms with Crippen molar-refractivity contribution >= 4 is 23.0 Å². The molecule has 2 aromatic rings. The molecule has 0 saturated heterocycles. The summed E-state index contributed by atoms with van der Waals surface area (Å²) >= 11 is 1.65. The molecule has 0 aliphatic carbocycles. The molecule has 0 atom stereocenters. The van der Waals surface area contributed by atoms with Crippen LogP contribution in [-0.4, -0.2) is 22.6 Å². The van der Waals surface area contributed by atoms with E-state index in [-0.39, 0.29) is 0 Å². The quantitative estimate of drug-likeness (QED) is 0.858. The summed E-state index contributed by atoms with van der Waals surface area (Å²) in [5.41, 5.74) is 1.80. The molecule has 2 rings (SSSR count). The fourth-order valence-electron chi connectivity index (χ4n) is 2.12. The van der Waals surface area contributed by atoms with E-state index in [9.17, 15) is 9.90 Å². The van der Waals surface area contributed by atoms with Crippen LogP contribution >= 0.6 is 11.3 Å². The monoisotopic (exact) mass is 304 g/mol. The third-order valence-corrected chi connectivity index (χ3v) is 4.48. The van der Waals surface area contributed by atoms with Gasteiger partial charge in [0.15, 0.2) is 0 Å². The summed E-state index contributed by atoms with van der Waals surface area (Å²) in [7, 11) is 0. The molecule has 0 radical (unpaired) electrons. The first kappa shape index (κ1) is 15.5. The van der Waals surface area contributed by atoms with Gasteiger partial charge in [-0.3, -0.25) is 4.79 Å². The molecule has 1 heterocycles. The number of aryl methyl sites for hydroxylation is 1. The lowest BCUT2D eigenvalue weighted by molar-refractivity contribution is -0.142. The minimum atomic E-state index is -0.915. The Morgan fingerprint density at radius 2 is 2.10 bits per heavy atom. The maximum atomic E-state index is 11.4. The Morgan fingerprint density at radius 1 is 1.38 bits per heavy atom. The Bertz CT molecular complexity index is 635. The van der Waals surface area contributed by atoms with E-state index in [0.717, 1.165) is 34.9 Å². The van der Waals surface area contributed by atoms with Crippen molar-refractivity contribution in [1.82, 2.24) is 4.98 Å². The van der Waals surface area contributed by atoms with Gasteiger partial charge in [0.25, 0.3) is 0 Å². The predicted molar refractivity (Wildman–Crippen MR) is 86.1 cm³/mol. The van der Waals surface area contributed by atoms with Crippen molar-refractivity contribution < 1.29 is 9.90 Å². The molecular weight excluding hydrogens is 284 g/mol. The highest BCUT2D eigenvalue weighted by molar-refractivity contribution is 7.09. The average Bonchev–Trinajstić information content (AvgIpc) is 2.85. The topological polar surface area (TPSA) is 62.2 Å². The molecule has 0 bridgehead atoms. The third kappa shape index (κ3) is 3.61. The summed E-state index contributed by atoms with van der Waals surface area (Å²) in [6, 6.07) is 7.57. The van der Waals surface area contributed by atoms with Gasteiger partial charge in [0, 0.05) is 29.7 Å². The Kier molecular flexibility index (Phi) is 4.63. The number of hydrogen-bond acceptors (Lipinski definition) is 4. The second kappa shape index (κ2) is 6.26. The van der Waals surface area contributed by atoms with Crippen LogP contribution in [0.1, 0.15) is 30.1 Å². The number of aliphatic carboxylic acids is 1.